The number of sulfone groups is 1. The van der Waals surface area contributed by atoms with Gasteiger partial charge in [-0.25, -0.2) is 8.42 Å². The highest BCUT2D eigenvalue weighted by Gasteiger charge is 2.24. The number of ether oxygens (including phenoxy) is 2. The maximum atomic E-state index is 13.2. The molecule has 0 fully saturated rings. The van der Waals surface area contributed by atoms with Crippen LogP contribution in [0.1, 0.15) is 27.7 Å². The van der Waals surface area contributed by atoms with Crippen LogP contribution in [0.2, 0.25) is 0 Å². The molecule has 0 aliphatic rings. The van der Waals surface area contributed by atoms with E-state index in [9.17, 15) is 8.42 Å². The first-order valence-corrected chi connectivity index (χ1v) is 13.6. The zero-order valence-corrected chi connectivity index (χ0v) is 23.6. The van der Waals surface area contributed by atoms with Gasteiger partial charge in [-0.3, -0.25) is 0 Å². The third kappa shape index (κ3) is 6.45. The molecule has 2 aromatic carbocycles. The Kier molecular flexibility index (Phi) is 9.10. The second-order valence-corrected chi connectivity index (χ2v) is 12.7. The molecule has 0 aliphatic heterocycles. The first-order valence-electron chi connectivity index (χ1n) is 8.92. The predicted octanol–water partition coefficient (Wildman–Crippen LogP) is 7.64. The van der Waals surface area contributed by atoms with Gasteiger partial charge in [0.1, 0.15) is 11.5 Å². The minimum absolute atomic E-state index is 0.155. The van der Waals surface area contributed by atoms with Gasteiger partial charge in [-0.2, -0.15) is 0 Å². The Morgan fingerprint density at radius 2 is 0.966 bits per heavy atom. The van der Waals surface area contributed by atoms with Crippen LogP contribution in [0.3, 0.4) is 0 Å². The van der Waals surface area contributed by atoms with Gasteiger partial charge >= 0.3 is 0 Å². The first-order chi connectivity index (χ1) is 13.4. The summed E-state index contributed by atoms with van der Waals surface area (Å²) in [4.78, 5) is 0.311. The molecule has 0 unspecified atom stereocenters. The minimum Gasteiger partial charge on any atom is -0.491 e. The molecule has 0 radical (unpaired) electrons. The fraction of sp³-hybridized carbons (Fsp3) is 0.400. The van der Waals surface area contributed by atoms with Crippen molar-refractivity contribution in [3.8, 4) is 11.5 Å². The van der Waals surface area contributed by atoms with Crippen molar-refractivity contribution in [1.29, 1.82) is 0 Å². The minimum atomic E-state index is -3.76. The van der Waals surface area contributed by atoms with Gasteiger partial charge in [0.25, 0.3) is 0 Å². The molecule has 0 aliphatic carbocycles. The normalized spacial score (nSPS) is 11.9. The van der Waals surface area contributed by atoms with Crippen molar-refractivity contribution in [2.75, 3.05) is 13.2 Å². The standard InChI is InChI=1S/C20H22Br4O4S/c1-11(2)9-27-19-15(21)5-13(6-16(19)22)29(25,26)14-7-17(23)20(18(24)8-14)28-10-12(3)4/h5-8,11-12H,9-10H2,1-4H3. The average Bonchev–Trinajstić information content (AvgIpc) is 2.59. The lowest BCUT2D eigenvalue weighted by molar-refractivity contribution is 0.267. The third-order valence-electron chi connectivity index (χ3n) is 3.69. The lowest BCUT2D eigenvalue weighted by atomic mass is 10.2. The van der Waals surface area contributed by atoms with Crippen LogP contribution in [0, 0.1) is 11.8 Å². The van der Waals surface area contributed by atoms with E-state index >= 15 is 0 Å². The quantitative estimate of drug-likeness (QED) is 0.288. The van der Waals surface area contributed by atoms with E-state index < -0.39 is 9.84 Å². The lowest BCUT2D eigenvalue weighted by Gasteiger charge is -2.16. The van der Waals surface area contributed by atoms with Crippen LogP contribution in [0.15, 0.2) is 51.9 Å². The molecule has 4 nitrogen and oxygen atoms in total. The Morgan fingerprint density at radius 1 is 0.690 bits per heavy atom. The molecule has 29 heavy (non-hydrogen) atoms. The summed E-state index contributed by atoms with van der Waals surface area (Å²) in [5, 5.41) is 0. The molecule has 2 aromatic rings. The second kappa shape index (κ2) is 10.5. The summed E-state index contributed by atoms with van der Waals surface area (Å²) in [6.07, 6.45) is 0. The van der Waals surface area contributed by atoms with Crippen LogP contribution in [-0.2, 0) is 9.84 Å². The smallest absolute Gasteiger partial charge is 0.206 e. The maximum absolute atomic E-state index is 13.2. The van der Waals surface area contributed by atoms with Crippen LogP contribution in [-0.4, -0.2) is 21.6 Å². The highest BCUT2D eigenvalue weighted by molar-refractivity contribution is 9.11. The average molecular weight is 678 g/mol. The Hall–Kier alpha value is -0.0900. The monoisotopic (exact) mass is 674 g/mol. The molecule has 0 saturated carbocycles. The molecular weight excluding hydrogens is 656 g/mol. The van der Waals surface area contributed by atoms with Gasteiger partial charge in [0.2, 0.25) is 9.84 Å². The predicted molar refractivity (Wildman–Crippen MR) is 130 cm³/mol. The molecule has 0 saturated heterocycles. The summed E-state index contributed by atoms with van der Waals surface area (Å²) in [5.74, 6) is 1.86. The van der Waals surface area contributed by atoms with E-state index in [4.69, 9.17) is 9.47 Å². The van der Waals surface area contributed by atoms with Crippen LogP contribution in [0.5, 0.6) is 11.5 Å². The Balaban J connectivity index is 2.43. The molecule has 0 spiro atoms. The van der Waals surface area contributed by atoms with Crippen molar-refractivity contribution < 1.29 is 17.9 Å². The molecule has 2 rings (SSSR count). The van der Waals surface area contributed by atoms with E-state index in [-0.39, 0.29) is 9.79 Å². The van der Waals surface area contributed by atoms with E-state index in [1.165, 1.54) is 0 Å². The summed E-state index contributed by atoms with van der Waals surface area (Å²) in [5.41, 5.74) is 0. The van der Waals surface area contributed by atoms with Crippen molar-refractivity contribution in [2.45, 2.75) is 37.5 Å². The maximum Gasteiger partial charge on any atom is 0.206 e. The van der Waals surface area contributed by atoms with Gasteiger partial charge in [-0.15, -0.1) is 0 Å². The zero-order chi connectivity index (χ0) is 21.9. The summed E-state index contributed by atoms with van der Waals surface area (Å²) in [6, 6.07) is 6.23. The number of hydrogen-bond donors (Lipinski definition) is 0. The van der Waals surface area contributed by atoms with Crippen LogP contribution >= 0.6 is 63.7 Å². The van der Waals surface area contributed by atoms with Crippen molar-refractivity contribution in [3.05, 3.63) is 42.2 Å². The van der Waals surface area contributed by atoms with E-state index in [2.05, 4.69) is 63.7 Å². The molecule has 0 atom stereocenters. The molecule has 0 amide bonds. The summed E-state index contributed by atoms with van der Waals surface area (Å²) in [6.45, 7) is 9.24. The largest absolute Gasteiger partial charge is 0.491 e. The van der Waals surface area contributed by atoms with Crippen LogP contribution in [0.25, 0.3) is 0 Å². The van der Waals surface area contributed by atoms with Crippen molar-refractivity contribution >= 4 is 73.6 Å². The molecule has 0 N–H and O–H groups in total. The molecule has 9 heteroatoms. The summed E-state index contributed by atoms with van der Waals surface area (Å²) < 4.78 is 40.3. The van der Waals surface area contributed by atoms with Crippen LogP contribution in [0.4, 0.5) is 0 Å². The van der Waals surface area contributed by atoms with Crippen LogP contribution < -0.4 is 9.47 Å². The fourth-order valence-electron chi connectivity index (χ4n) is 2.30. The van der Waals surface area contributed by atoms with Crippen molar-refractivity contribution in [1.82, 2.24) is 0 Å². The first kappa shape index (κ1) is 25.2. The fourth-order valence-corrected chi connectivity index (χ4v) is 7.10. The van der Waals surface area contributed by atoms with Crippen molar-refractivity contribution in [3.63, 3.8) is 0 Å². The zero-order valence-electron chi connectivity index (χ0n) is 16.4. The molecule has 0 aromatic heterocycles. The van der Waals surface area contributed by atoms with Gasteiger partial charge in [-0.1, -0.05) is 27.7 Å². The Bertz CT molecular complexity index is 868. The number of halogens is 4. The number of hydrogen-bond acceptors (Lipinski definition) is 4. The second-order valence-electron chi connectivity index (χ2n) is 7.35. The number of rotatable bonds is 8. The third-order valence-corrected chi connectivity index (χ3v) is 7.75. The highest BCUT2D eigenvalue weighted by atomic mass is 79.9. The molecular formula is C20H22Br4O4S. The summed E-state index contributed by atoms with van der Waals surface area (Å²) >= 11 is 13.7. The topological polar surface area (TPSA) is 52.6 Å². The lowest BCUT2D eigenvalue weighted by Crippen LogP contribution is -2.08. The van der Waals surface area contributed by atoms with Gasteiger partial charge in [-0.05, 0) is 99.8 Å². The van der Waals surface area contributed by atoms with Gasteiger partial charge in [0.15, 0.2) is 0 Å². The number of benzene rings is 2. The molecule has 0 heterocycles. The Morgan fingerprint density at radius 3 is 1.21 bits per heavy atom. The van der Waals surface area contributed by atoms with E-state index in [0.717, 1.165) is 0 Å². The van der Waals surface area contributed by atoms with E-state index in [1.807, 2.05) is 27.7 Å². The van der Waals surface area contributed by atoms with E-state index in [1.54, 1.807) is 24.3 Å². The van der Waals surface area contributed by atoms with Gasteiger partial charge in [0, 0.05) is 0 Å². The SMILES string of the molecule is CC(C)COc1c(Br)cc(S(=O)(=O)c2cc(Br)c(OCC(C)C)c(Br)c2)cc1Br. The van der Waals surface area contributed by atoms with Crippen molar-refractivity contribution in [2.24, 2.45) is 11.8 Å². The molecule has 160 valence electrons. The highest BCUT2D eigenvalue weighted by Crippen LogP contribution is 2.41. The Labute approximate surface area is 206 Å². The molecule has 0 bridgehead atoms. The van der Waals surface area contributed by atoms with E-state index in [0.29, 0.717) is 54.4 Å². The van der Waals surface area contributed by atoms with Gasteiger partial charge < -0.3 is 9.47 Å². The van der Waals surface area contributed by atoms with Gasteiger partial charge in [0.05, 0.1) is 40.9 Å². The summed E-state index contributed by atoms with van der Waals surface area (Å²) in [7, 11) is -3.76.